The van der Waals surface area contributed by atoms with Gasteiger partial charge in [-0.2, -0.15) is 0 Å². The number of para-hydroxylation sites is 1. The first-order valence-corrected chi connectivity index (χ1v) is 9.78. The summed E-state index contributed by atoms with van der Waals surface area (Å²) in [6.07, 6.45) is 0. The van der Waals surface area contributed by atoms with Crippen molar-refractivity contribution in [3.05, 3.63) is 60.2 Å². The van der Waals surface area contributed by atoms with Gasteiger partial charge in [0.05, 0.1) is 19.3 Å². The zero-order valence-electron chi connectivity index (χ0n) is 16.9. The number of carbonyl (C=O) groups excluding carboxylic acids is 2. The monoisotopic (exact) mass is 396 g/mol. The first-order valence-electron chi connectivity index (χ1n) is 9.78. The van der Waals surface area contributed by atoms with E-state index < -0.39 is 11.8 Å². The molecule has 7 heteroatoms. The zero-order valence-corrected chi connectivity index (χ0v) is 16.9. The number of ether oxygens (including phenoxy) is 1. The minimum atomic E-state index is -0.667. The van der Waals surface area contributed by atoms with Gasteiger partial charge in [-0.05, 0) is 29.8 Å². The highest BCUT2D eigenvalue weighted by molar-refractivity contribution is 6.39. The molecule has 0 aliphatic carbocycles. The summed E-state index contributed by atoms with van der Waals surface area (Å²) in [6, 6.07) is 17.2. The van der Waals surface area contributed by atoms with E-state index in [1.54, 1.807) is 24.3 Å². The zero-order chi connectivity index (χ0) is 20.6. The highest BCUT2D eigenvalue weighted by Gasteiger charge is 2.24. The van der Waals surface area contributed by atoms with Crippen LogP contribution in [0.15, 0.2) is 54.6 Å². The third kappa shape index (κ3) is 5.79. The third-order valence-corrected chi connectivity index (χ3v) is 4.97. The molecule has 3 rings (SSSR count). The largest absolute Gasteiger partial charge is 0.379 e. The predicted molar refractivity (Wildman–Crippen MR) is 114 cm³/mol. The van der Waals surface area contributed by atoms with Crippen molar-refractivity contribution >= 4 is 23.2 Å². The minimum Gasteiger partial charge on any atom is -0.379 e. The number of nitrogens with zero attached hydrogens (tertiary/aromatic N) is 2. The molecule has 29 heavy (non-hydrogen) atoms. The van der Waals surface area contributed by atoms with Crippen molar-refractivity contribution in [2.45, 2.75) is 6.04 Å². The van der Waals surface area contributed by atoms with E-state index in [2.05, 4.69) is 39.8 Å². The van der Waals surface area contributed by atoms with Gasteiger partial charge in [0, 0.05) is 45.1 Å². The molecule has 2 aromatic rings. The van der Waals surface area contributed by atoms with Crippen molar-refractivity contribution < 1.29 is 14.3 Å². The van der Waals surface area contributed by atoms with Crippen molar-refractivity contribution in [3.63, 3.8) is 0 Å². The Labute approximate surface area is 171 Å². The number of hydrogen-bond donors (Lipinski definition) is 2. The van der Waals surface area contributed by atoms with Crippen LogP contribution in [0.1, 0.15) is 11.6 Å². The number of morpholine rings is 1. The topological polar surface area (TPSA) is 73.9 Å². The number of carbonyl (C=O) groups is 2. The lowest BCUT2D eigenvalue weighted by Gasteiger charge is -2.35. The summed E-state index contributed by atoms with van der Waals surface area (Å²) in [4.78, 5) is 28.9. The molecule has 1 heterocycles. The van der Waals surface area contributed by atoms with E-state index >= 15 is 0 Å². The Kier molecular flexibility index (Phi) is 7.21. The molecule has 0 bridgehead atoms. The van der Waals surface area contributed by atoms with Gasteiger partial charge in [-0.15, -0.1) is 0 Å². The van der Waals surface area contributed by atoms with Crippen LogP contribution in [0.2, 0.25) is 0 Å². The van der Waals surface area contributed by atoms with Gasteiger partial charge < -0.3 is 20.3 Å². The van der Waals surface area contributed by atoms with Crippen molar-refractivity contribution in [1.29, 1.82) is 0 Å². The molecule has 0 radical (unpaired) electrons. The molecule has 7 nitrogen and oxygen atoms in total. The highest BCUT2D eigenvalue weighted by atomic mass is 16.5. The number of benzene rings is 2. The average molecular weight is 396 g/mol. The van der Waals surface area contributed by atoms with Crippen LogP contribution in [0.25, 0.3) is 0 Å². The van der Waals surface area contributed by atoms with E-state index in [1.165, 1.54) is 0 Å². The molecule has 1 aliphatic rings. The second kappa shape index (κ2) is 10.0. The maximum atomic E-state index is 12.3. The Morgan fingerprint density at radius 2 is 1.66 bits per heavy atom. The number of anilines is 2. The number of rotatable bonds is 6. The Hall–Kier alpha value is -2.90. The third-order valence-electron chi connectivity index (χ3n) is 4.97. The first-order chi connectivity index (χ1) is 14.0. The maximum Gasteiger partial charge on any atom is 0.313 e. The average Bonchev–Trinajstić information content (AvgIpc) is 2.75. The molecule has 1 atom stereocenters. The van der Waals surface area contributed by atoms with Crippen LogP contribution in [-0.4, -0.2) is 63.7 Å². The second-order valence-corrected chi connectivity index (χ2v) is 7.18. The van der Waals surface area contributed by atoms with Gasteiger partial charge in [-0.1, -0.05) is 30.3 Å². The highest BCUT2D eigenvalue weighted by Crippen LogP contribution is 2.23. The van der Waals surface area contributed by atoms with E-state index in [4.69, 9.17) is 4.74 Å². The van der Waals surface area contributed by atoms with Gasteiger partial charge in [0.25, 0.3) is 0 Å². The van der Waals surface area contributed by atoms with Gasteiger partial charge in [-0.25, -0.2) is 0 Å². The van der Waals surface area contributed by atoms with Crippen LogP contribution < -0.4 is 15.5 Å². The lowest BCUT2D eigenvalue weighted by atomic mass is 10.0. The van der Waals surface area contributed by atoms with E-state index in [-0.39, 0.29) is 6.04 Å². The van der Waals surface area contributed by atoms with Gasteiger partial charge >= 0.3 is 11.8 Å². The van der Waals surface area contributed by atoms with Crippen molar-refractivity contribution in [3.8, 4) is 0 Å². The molecule has 2 aromatic carbocycles. The standard InChI is InChI=1S/C22H28N4O3/c1-25(2)19-10-8-17(9-11-19)20(26-12-14-29-15-13-26)16-23-21(27)22(28)24-18-6-4-3-5-7-18/h3-11,20H,12-16H2,1-2H3,(H,23,27)(H,24,28)/t20-/m1/s1. The molecule has 0 unspecified atom stereocenters. The summed E-state index contributed by atoms with van der Waals surface area (Å²) in [5.41, 5.74) is 2.80. The van der Waals surface area contributed by atoms with Crippen molar-refractivity contribution in [2.75, 3.05) is 57.2 Å². The Balaban J connectivity index is 1.66. The molecule has 0 aromatic heterocycles. The molecule has 2 N–H and O–H groups in total. The maximum absolute atomic E-state index is 12.3. The molecule has 1 saturated heterocycles. The number of nitrogens with one attached hydrogen (secondary N) is 2. The van der Waals surface area contributed by atoms with Crippen molar-refractivity contribution in [2.24, 2.45) is 0 Å². The van der Waals surface area contributed by atoms with Gasteiger partial charge in [0.15, 0.2) is 0 Å². The van der Waals surface area contributed by atoms with E-state index in [0.29, 0.717) is 25.4 Å². The van der Waals surface area contributed by atoms with Crippen molar-refractivity contribution in [1.82, 2.24) is 10.2 Å². The Morgan fingerprint density at radius 1 is 1.00 bits per heavy atom. The quantitative estimate of drug-likeness (QED) is 0.730. The van der Waals surface area contributed by atoms with Crippen LogP contribution in [0, 0.1) is 0 Å². The van der Waals surface area contributed by atoms with E-state index in [1.807, 2.05) is 25.1 Å². The summed E-state index contributed by atoms with van der Waals surface area (Å²) in [7, 11) is 4.00. The first kappa shape index (κ1) is 20.8. The summed E-state index contributed by atoms with van der Waals surface area (Å²) in [5, 5.41) is 5.41. The van der Waals surface area contributed by atoms with Gasteiger partial charge in [0.1, 0.15) is 0 Å². The fraction of sp³-hybridized carbons (Fsp3) is 0.364. The second-order valence-electron chi connectivity index (χ2n) is 7.18. The summed E-state index contributed by atoms with van der Waals surface area (Å²) >= 11 is 0. The number of hydrogen-bond acceptors (Lipinski definition) is 5. The molecule has 1 fully saturated rings. The van der Waals surface area contributed by atoms with Crippen LogP contribution in [0.4, 0.5) is 11.4 Å². The van der Waals surface area contributed by atoms with Crippen LogP contribution >= 0.6 is 0 Å². The lowest BCUT2D eigenvalue weighted by molar-refractivity contribution is -0.136. The van der Waals surface area contributed by atoms with Crippen LogP contribution in [0.3, 0.4) is 0 Å². The smallest absolute Gasteiger partial charge is 0.313 e. The fourth-order valence-corrected chi connectivity index (χ4v) is 3.32. The Morgan fingerprint density at radius 3 is 2.28 bits per heavy atom. The fourth-order valence-electron chi connectivity index (χ4n) is 3.32. The normalized spacial score (nSPS) is 15.4. The predicted octanol–water partition coefficient (Wildman–Crippen LogP) is 1.88. The van der Waals surface area contributed by atoms with Gasteiger partial charge in [0.2, 0.25) is 0 Å². The summed E-state index contributed by atoms with van der Waals surface area (Å²) in [5.74, 6) is -1.31. The molecule has 0 spiro atoms. The van der Waals surface area contributed by atoms with Crippen LogP contribution in [0.5, 0.6) is 0 Å². The Bertz CT molecular complexity index is 803. The molecule has 154 valence electrons. The molecule has 1 aliphatic heterocycles. The minimum absolute atomic E-state index is 0.0245. The molecular weight excluding hydrogens is 368 g/mol. The SMILES string of the molecule is CN(C)c1ccc([C@@H](CNC(=O)C(=O)Nc2ccccc2)N2CCOCC2)cc1. The summed E-state index contributed by atoms with van der Waals surface area (Å²) < 4.78 is 5.47. The lowest BCUT2D eigenvalue weighted by Crippen LogP contribution is -2.45. The number of amides is 2. The summed E-state index contributed by atoms with van der Waals surface area (Å²) in [6.45, 7) is 3.24. The molecule has 0 saturated carbocycles. The van der Waals surface area contributed by atoms with Crippen LogP contribution in [-0.2, 0) is 14.3 Å². The van der Waals surface area contributed by atoms with E-state index in [0.717, 1.165) is 24.3 Å². The van der Waals surface area contributed by atoms with E-state index in [9.17, 15) is 9.59 Å². The molecule has 2 amide bonds. The van der Waals surface area contributed by atoms with Gasteiger partial charge in [-0.3, -0.25) is 14.5 Å². The molecular formula is C22H28N4O3.